The maximum absolute atomic E-state index is 13.1. The predicted molar refractivity (Wildman–Crippen MR) is 100 cm³/mol. The lowest BCUT2D eigenvalue weighted by Crippen LogP contribution is -2.38. The fourth-order valence-corrected chi connectivity index (χ4v) is 4.11. The third-order valence-electron chi connectivity index (χ3n) is 4.76. The van der Waals surface area contributed by atoms with Crippen LogP contribution in [0, 0.1) is 6.92 Å². The highest BCUT2D eigenvalue weighted by Crippen LogP contribution is 2.34. The topological polar surface area (TPSA) is 89.9 Å². The fraction of sp³-hybridized carbons (Fsp3) is 0.500. The molecule has 9 heteroatoms. The van der Waals surface area contributed by atoms with Crippen molar-refractivity contribution < 1.29 is 9.21 Å². The van der Waals surface area contributed by atoms with Crippen molar-refractivity contribution >= 4 is 17.2 Å². The second-order valence-corrected chi connectivity index (χ2v) is 7.57. The maximum Gasteiger partial charge on any atom is 0.259 e. The first-order chi connectivity index (χ1) is 13.2. The summed E-state index contributed by atoms with van der Waals surface area (Å²) in [5, 5.41) is 12.7. The van der Waals surface area contributed by atoms with Gasteiger partial charge < -0.3 is 9.32 Å². The second-order valence-electron chi connectivity index (χ2n) is 6.71. The van der Waals surface area contributed by atoms with Gasteiger partial charge in [0.25, 0.3) is 11.8 Å². The molecule has 3 aromatic heterocycles. The van der Waals surface area contributed by atoms with E-state index in [1.54, 1.807) is 11.7 Å². The summed E-state index contributed by atoms with van der Waals surface area (Å²) in [5.74, 6) is 0.932. The largest absolute Gasteiger partial charge is 0.418 e. The number of carbonyl (C=O) groups excluding carboxylic acids is 1. The number of rotatable bonds is 5. The number of hydrogen-bond donors (Lipinski definition) is 0. The molecule has 0 aliphatic carbocycles. The molecule has 4 rings (SSSR count). The number of thiazole rings is 1. The summed E-state index contributed by atoms with van der Waals surface area (Å²) in [6.07, 6.45) is 7.25. The van der Waals surface area contributed by atoms with E-state index >= 15 is 0 Å². The Morgan fingerprint density at radius 1 is 1.37 bits per heavy atom. The third-order valence-corrected chi connectivity index (χ3v) is 5.68. The van der Waals surface area contributed by atoms with Crippen LogP contribution in [0.1, 0.15) is 60.6 Å². The van der Waals surface area contributed by atoms with Crippen molar-refractivity contribution in [2.24, 2.45) is 0 Å². The van der Waals surface area contributed by atoms with Crippen LogP contribution in [0.25, 0.3) is 10.8 Å². The Bertz CT molecular complexity index is 930. The van der Waals surface area contributed by atoms with Gasteiger partial charge in [-0.3, -0.25) is 9.48 Å². The molecule has 1 atom stereocenters. The Labute approximate surface area is 161 Å². The summed E-state index contributed by atoms with van der Waals surface area (Å²) in [4.78, 5) is 20.0. The number of piperidine rings is 1. The van der Waals surface area contributed by atoms with Crippen LogP contribution in [0.15, 0.2) is 22.3 Å². The van der Waals surface area contributed by atoms with Gasteiger partial charge in [-0.25, -0.2) is 4.98 Å². The zero-order valence-corrected chi connectivity index (χ0v) is 16.3. The summed E-state index contributed by atoms with van der Waals surface area (Å²) in [6.45, 7) is 5.49. The van der Waals surface area contributed by atoms with E-state index in [2.05, 4.69) is 27.2 Å². The van der Waals surface area contributed by atoms with Gasteiger partial charge in [-0.05, 0) is 32.6 Å². The minimum absolute atomic E-state index is 0.0317. The Morgan fingerprint density at radius 3 is 3.04 bits per heavy atom. The predicted octanol–water partition coefficient (Wildman–Crippen LogP) is 3.48. The number of carbonyl (C=O) groups is 1. The Hall–Kier alpha value is -2.55. The minimum Gasteiger partial charge on any atom is -0.418 e. The highest BCUT2D eigenvalue weighted by atomic mass is 32.1. The van der Waals surface area contributed by atoms with E-state index in [-0.39, 0.29) is 11.9 Å². The first kappa shape index (κ1) is 17.8. The summed E-state index contributed by atoms with van der Waals surface area (Å²) in [7, 11) is 0. The van der Waals surface area contributed by atoms with Crippen molar-refractivity contribution in [2.45, 2.75) is 52.1 Å². The van der Waals surface area contributed by atoms with Crippen LogP contribution in [0.5, 0.6) is 0 Å². The molecule has 1 aliphatic heterocycles. The van der Waals surface area contributed by atoms with E-state index in [4.69, 9.17) is 4.42 Å². The van der Waals surface area contributed by atoms with Crippen LogP contribution in [-0.4, -0.2) is 42.3 Å². The molecule has 0 N–H and O–H groups in total. The van der Waals surface area contributed by atoms with Crippen molar-refractivity contribution in [1.29, 1.82) is 0 Å². The fourth-order valence-electron chi connectivity index (χ4n) is 3.39. The number of amides is 1. The maximum atomic E-state index is 13.1. The molecule has 142 valence electrons. The Balaban J connectivity index is 1.58. The van der Waals surface area contributed by atoms with Gasteiger partial charge in [0.2, 0.25) is 5.89 Å². The molecule has 3 aromatic rings. The standard InChI is InChI=1S/C18H22N6O2S/c1-3-7-23-10-13(9-20-23)18(25)24-8-5-4-6-14(24)16-21-22-17(26-16)15-12(2)19-11-27-15/h9-11,14H,3-8H2,1-2H3/t14-/m1/s1. The second kappa shape index (κ2) is 7.59. The summed E-state index contributed by atoms with van der Waals surface area (Å²) < 4.78 is 7.75. The van der Waals surface area contributed by atoms with Gasteiger partial charge in [0.15, 0.2) is 0 Å². The number of likely N-dealkylation sites (tertiary alicyclic amines) is 1. The number of aryl methyl sites for hydroxylation is 2. The molecule has 27 heavy (non-hydrogen) atoms. The van der Waals surface area contributed by atoms with Crippen molar-refractivity contribution in [3.05, 3.63) is 35.1 Å². The normalized spacial score (nSPS) is 17.4. The van der Waals surface area contributed by atoms with E-state index in [1.807, 2.05) is 22.7 Å². The monoisotopic (exact) mass is 386 g/mol. The molecule has 0 spiro atoms. The van der Waals surface area contributed by atoms with Gasteiger partial charge in [0, 0.05) is 19.3 Å². The lowest BCUT2D eigenvalue weighted by Gasteiger charge is -2.33. The van der Waals surface area contributed by atoms with Gasteiger partial charge >= 0.3 is 0 Å². The smallest absolute Gasteiger partial charge is 0.259 e. The van der Waals surface area contributed by atoms with Crippen LogP contribution in [0.3, 0.4) is 0 Å². The zero-order valence-electron chi connectivity index (χ0n) is 15.5. The molecule has 1 fully saturated rings. The third kappa shape index (κ3) is 3.51. The van der Waals surface area contributed by atoms with Gasteiger partial charge in [-0.15, -0.1) is 21.5 Å². The Morgan fingerprint density at radius 2 is 2.26 bits per heavy atom. The van der Waals surface area contributed by atoms with Gasteiger partial charge in [0.05, 0.1) is 23.0 Å². The van der Waals surface area contributed by atoms with E-state index in [0.717, 1.165) is 42.8 Å². The molecule has 0 aromatic carbocycles. The lowest BCUT2D eigenvalue weighted by atomic mass is 10.0. The van der Waals surface area contributed by atoms with Gasteiger partial charge in [0.1, 0.15) is 10.9 Å². The molecule has 0 saturated carbocycles. The molecule has 4 heterocycles. The Kier molecular flexibility index (Phi) is 5.02. The van der Waals surface area contributed by atoms with Crippen LogP contribution < -0.4 is 0 Å². The van der Waals surface area contributed by atoms with Gasteiger partial charge in [-0.2, -0.15) is 5.10 Å². The number of aromatic nitrogens is 5. The molecule has 1 amide bonds. The highest BCUT2D eigenvalue weighted by Gasteiger charge is 2.33. The molecule has 1 aliphatic rings. The van der Waals surface area contributed by atoms with Gasteiger partial charge in [-0.1, -0.05) is 6.92 Å². The van der Waals surface area contributed by atoms with Crippen LogP contribution in [0.2, 0.25) is 0 Å². The van der Waals surface area contributed by atoms with Crippen LogP contribution in [0.4, 0.5) is 0 Å². The van der Waals surface area contributed by atoms with Crippen molar-refractivity contribution in [3.63, 3.8) is 0 Å². The van der Waals surface area contributed by atoms with E-state index in [1.165, 1.54) is 11.3 Å². The van der Waals surface area contributed by atoms with Crippen molar-refractivity contribution in [1.82, 2.24) is 29.9 Å². The molecular formula is C18H22N6O2S. The average molecular weight is 386 g/mol. The highest BCUT2D eigenvalue weighted by molar-refractivity contribution is 7.13. The number of nitrogens with zero attached hydrogens (tertiary/aromatic N) is 6. The van der Waals surface area contributed by atoms with Crippen LogP contribution in [-0.2, 0) is 6.54 Å². The van der Waals surface area contributed by atoms with Crippen LogP contribution >= 0.6 is 11.3 Å². The SMILES string of the molecule is CCCn1cc(C(=O)N2CCCC[C@@H]2c2nnc(-c3scnc3C)o2)cn1. The number of hydrogen-bond acceptors (Lipinski definition) is 7. The average Bonchev–Trinajstić information content (AvgIpc) is 3.42. The molecule has 0 bridgehead atoms. The van der Waals surface area contributed by atoms with E-state index in [0.29, 0.717) is 23.9 Å². The molecular weight excluding hydrogens is 364 g/mol. The molecule has 0 radical (unpaired) electrons. The molecule has 8 nitrogen and oxygen atoms in total. The van der Waals surface area contributed by atoms with Crippen molar-refractivity contribution in [2.75, 3.05) is 6.54 Å². The summed E-state index contributed by atoms with van der Waals surface area (Å²) in [5.41, 5.74) is 3.24. The molecule has 0 unspecified atom stereocenters. The quantitative estimate of drug-likeness (QED) is 0.667. The minimum atomic E-state index is -0.199. The molecule has 1 saturated heterocycles. The lowest BCUT2D eigenvalue weighted by molar-refractivity contribution is 0.0572. The van der Waals surface area contributed by atoms with Crippen molar-refractivity contribution in [3.8, 4) is 10.8 Å². The van der Waals surface area contributed by atoms with E-state index in [9.17, 15) is 4.79 Å². The summed E-state index contributed by atoms with van der Waals surface area (Å²) >= 11 is 1.48. The first-order valence-electron chi connectivity index (χ1n) is 9.24. The van der Waals surface area contributed by atoms with E-state index < -0.39 is 0 Å². The zero-order chi connectivity index (χ0) is 18.8. The first-order valence-corrected chi connectivity index (χ1v) is 10.1. The summed E-state index contributed by atoms with van der Waals surface area (Å²) in [6, 6.07) is -0.199.